The summed E-state index contributed by atoms with van der Waals surface area (Å²) in [5.74, 6) is 0.721. The van der Waals surface area contributed by atoms with Crippen molar-refractivity contribution in [1.29, 1.82) is 5.26 Å². The second-order valence-corrected chi connectivity index (χ2v) is 3.51. The highest BCUT2D eigenvalue weighted by Crippen LogP contribution is 2.22. The van der Waals surface area contributed by atoms with Gasteiger partial charge in [0.25, 0.3) is 0 Å². The lowest BCUT2D eigenvalue weighted by Crippen LogP contribution is -1.94. The Labute approximate surface area is 96.0 Å². The molecule has 0 atom stereocenters. The van der Waals surface area contributed by atoms with Gasteiger partial charge in [-0.25, -0.2) is 0 Å². The molecule has 3 rings (SSSR count). The highest BCUT2D eigenvalue weighted by molar-refractivity contribution is 5.85. The molecule has 0 radical (unpaired) electrons. The Hall–Kier alpha value is -2.68. The summed E-state index contributed by atoms with van der Waals surface area (Å²) in [6.45, 7) is 0. The van der Waals surface area contributed by atoms with E-state index in [1.165, 1.54) is 4.52 Å². The molecule has 0 bridgehead atoms. The van der Waals surface area contributed by atoms with Crippen molar-refractivity contribution in [2.45, 2.75) is 0 Å². The number of benzene rings is 1. The number of rotatable bonds is 1. The predicted molar refractivity (Wildman–Crippen MR) is 59.6 cm³/mol. The van der Waals surface area contributed by atoms with Crippen LogP contribution in [0.1, 0.15) is 5.56 Å². The molecule has 0 aliphatic carbocycles. The summed E-state index contributed by atoms with van der Waals surface area (Å²) >= 11 is 0. The number of pyridine rings is 1. The number of nitriles is 1. The van der Waals surface area contributed by atoms with Crippen LogP contribution in [0.2, 0.25) is 0 Å². The fourth-order valence-electron chi connectivity index (χ4n) is 1.78. The fourth-order valence-corrected chi connectivity index (χ4v) is 1.78. The molecular weight excluding hydrogens is 218 g/mol. The number of nitrogens with zero attached hydrogens (tertiary/aromatic N) is 5. The smallest absolute Gasteiger partial charge is 0.197 e. The largest absolute Gasteiger partial charge is 0.497 e. The molecule has 3 aromatic rings. The monoisotopic (exact) mass is 225 g/mol. The first kappa shape index (κ1) is 9.54. The van der Waals surface area contributed by atoms with E-state index in [1.807, 2.05) is 18.2 Å². The molecule has 0 fully saturated rings. The Kier molecular flexibility index (Phi) is 1.92. The standard InChI is InChI=1S/C11H7N5O/c1-17-9-3-2-7-4-8(6-12)11-13-14-15-16(11)10(7)5-9/h2-5H,1H3. The Morgan fingerprint density at radius 3 is 3.00 bits per heavy atom. The van der Waals surface area contributed by atoms with E-state index in [9.17, 15) is 0 Å². The van der Waals surface area contributed by atoms with Gasteiger partial charge in [-0.2, -0.15) is 9.78 Å². The Bertz CT molecular complexity index is 755. The molecular formula is C11H7N5O. The van der Waals surface area contributed by atoms with E-state index in [1.54, 1.807) is 13.2 Å². The van der Waals surface area contributed by atoms with Crippen molar-refractivity contribution in [3.05, 3.63) is 29.8 Å². The van der Waals surface area contributed by atoms with Crippen molar-refractivity contribution < 1.29 is 4.74 Å². The van der Waals surface area contributed by atoms with E-state index >= 15 is 0 Å². The number of ether oxygens (including phenoxy) is 1. The molecule has 1 aromatic carbocycles. The minimum Gasteiger partial charge on any atom is -0.497 e. The van der Waals surface area contributed by atoms with Gasteiger partial charge in [0.1, 0.15) is 11.8 Å². The maximum atomic E-state index is 9.03. The molecule has 2 aromatic heterocycles. The Morgan fingerprint density at radius 1 is 1.35 bits per heavy atom. The summed E-state index contributed by atoms with van der Waals surface area (Å²) < 4.78 is 6.70. The fraction of sp³-hybridized carbons (Fsp3) is 0.0909. The van der Waals surface area contributed by atoms with E-state index in [0.717, 1.165) is 16.7 Å². The highest BCUT2D eigenvalue weighted by Gasteiger charge is 2.09. The summed E-state index contributed by atoms with van der Waals surface area (Å²) in [4.78, 5) is 0. The molecule has 0 spiro atoms. The van der Waals surface area contributed by atoms with E-state index in [0.29, 0.717) is 11.2 Å². The van der Waals surface area contributed by atoms with E-state index in [4.69, 9.17) is 10.00 Å². The third kappa shape index (κ3) is 1.29. The third-order valence-corrected chi connectivity index (χ3v) is 2.60. The number of tetrazole rings is 1. The molecule has 0 saturated heterocycles. The second-order valence-electron chi connectivity index (χ2n) is 3.51. The average Bonchev–Trinajstić information content (AvgIpc) is 2.86. The summed E-state index contributed by atoms with van der Waals surface area (Å²) in [7, 11) is 1.60. The van der Waals surface area contributed by atoms with Gasteiger partial charge in [-0.15, -0.1) is 5.10 Å². The summed E-state index contributed by atoms with van der Waals surface area (Å²) in [6, 6.07) is 9.38. The zero-order valence-corrected chi connectivity index (χ0v) is 8.95. The van der Waals surface area contributed by atoms with Gasteiger partial charge in [-0.05, 0) is 28.6 Å². The number of hydrogen-bond donors (Lipinski definition) is 0. The molecule has 6 heteroatoms. The molecule has 0 unspecified atom stereocenters. The van der Waals surface area contributed by atoms with Crippen LogP contribution in [0.15, 0.2) is 24.3 Å². The first-order chi connectivity index (χ1) is 8.33. The summed E-state index contributed by atoms with van der Waals surface area (Å²) in [6.07, 6.45) is 0. The lowest BCUT2D eigenvalue weighted by Gasteiger charge is -2.04. The number of hydrogen-bond acceptors (Lipinski definition) is 5. The topological polar surface area (TPSA) is 76.1 Å². The van der Waals surface area contributed by atoms with E-state index < -0.39 is 0 Å². The molecule has 6 nitrogen and oxygen atoms in total. The molecule has 0 N–H and O–H groups in total. The van der Waals surface area contributed by atoms with Crippen molar-refractivity contribution in [2.24, 2.45) is 0 Å². The third-order valence-electron chi connectivity index (χ3n) is 2.60. The minimum atomic E-state index is 0.452. The van der Waals surface area contributed by atoms with Crippen LogP contribution in [0.4, 0.5) is 0 Å². The van der Waals surface area contributed by atoms with Crippen molar-refractivity contribution in [3.63, 3.8) is 0 Å². The van der Waals surface area contributed by atoms with E-state index in [2.05, 4.69) is 21.6 Å². The maximum Gasteiger partial charge on any atom is 0.197 e. The van der Waals surface area contributed by atoms with Gasteiger partial charge in [0, 0.05) is 11.5 Å². The van der Waals surface area contributed by atoms with Crippen LogP contribution in [-0.2, 0) is 0 Å². The molecule has 82 valence electrons. The van der Waals surface area contributed by atoms with Crippen LogP contribution in [0.25, 0.3) is 16.6 Å². The van der Waals surface area contributed by atoms with Crippen LogP contribution in [0.3, 0.4) is 0 Å². The zero-order valence-electron chi connectivity index (χ0n) is 8.95. The Balaban J connectivity index is 2.51. The number of aromatic nitrogens is 4. The van der Waals surface area contributed by atoms with Crippen molar-refractivity contribution in [3.8, 4) is 11.8 Å². The molecule has 2 heterocycles. The predicted octanol–water partition coefficient (Wildman–Crippen LogP) is 1.16. The van der Waals surface area contributed by atoms with Crippen molar-refractivity contribution in [1.82, 2.24) is 20.0 Å². The average molecular weight is 225 g/mol. The van der Waals surface area contributed by atoms with Crippen LogP contribution in [-0.4, -0.2) is 27.2 Å². The zero-order chi connectivity index (χ0) is 11.8. The first-order valence-electron chi connectivity index (χ1n) is 4.92. The quantitative estimate of drug-likeness (QED) is 0.621. The van der Waals surface area contributed by atoms with Crippen LogP contribution in [0, 0.1) is 11.3 Å². The molecule has 0 aliphatic heterocycles. The number of fused-ring (bicyclic) bond motifs is 3. The van der Waals surface area contributed by atoms with Crippen LogP contribution in [0.5, 0.6) is 5.75 Å². The Morgan fingerprint density at radius 2 is 2.24 bits per heavy atom. The molecule has 0 saturated carbocycles. The van der Waals surface area contributed by atoms with Gasteiger partial charge < -0.3 is 4.74 Å². The SMILES string of the molecule is COc1ccc2cc(C#N)c3nnnn3c2c1. The van der Waals surface area contributed by atoms with Gasteiger partial charge in [0.15, 0.2) is 5.65 Å². The van der Waals surface area contributed by atoms with Crippen molar-refractivity contribution in [2.75, 3.05) is 7.11 Å². The van der Waals surface area contributed by atoms with Gasteiger partial charge in [0.2, 0.25) is 0 Å². The van der Waals surface area contributed by atoms with Gasteiger partial charge in [-0.3, -0.25) is 0 Å². The summed E-state index contributed by atoms with van der Waals surface area (Å²) in [5, 5.41) is 21.2. The van der Waals surface area contributed by atoms with Gasteiger partial charge in [0.05, 0.1) is 18.2 Å². The van der Waals surface area contributed by atoms with Crippen LogP contribution >= 0.6 is 0 Å². The van der Waals surface area contributed by atoms with Gasteiger partial charge in [-0.1, -0.05) is 0 Å². The van der Waals surface area contributed by atoms with Gasteiger partial charge >= 0.3 is 0 Å². The van der Waals surface area contributed by atoms with E-state index in [-0.39, 0.29) is 0 Å². The molecule has 17 heavy (non-hydrogen) atoms. The maximum absolute atomic E-state index is 9.03. The lowest BCUT2D eigenvalue weighted by atomic mass is 10.1. The molecule has 0 aliphatic rings. The first-order valence-corrected chi connectivity index (χ1v) is 4.92. The lowest BCUT2D eigenvalue weighted by molar-refractivity contribution is 0.415. The molecule has 0 amide bonds. The number of methoxy groups -OCH3 is 1. The van der Waals surface area contributed by atoms with Crippen LogP contribution < -0.4 is 4.74 Å². The normalized spacial score (nSPS) is 10.6. The van der Waals surface area contributed by atoms with Crippen molar-refractivity contribution >= 4 is 16.6 Å². The highest BCUT2D eigenvalue weighted by atomic mass is 16.5. The summed E-state index contributed by atoms with van der Waals surface area (Å²) in [5.41, 5.74) is 1.71. The minimum absolute atomic E-state index is 0.452. The second kappa shape index (κ2) is 3.42.